The first-order valence-corrected chi connectivity index (χ1v) is 20.0. The molecule has 0 radical (unpaired) electrons. The topological polar surface area (TPSA) is 38.7 Å². The Morgan fingerprint density at radius 2 is 0.907 bits per heavy atom. The Kier molecular flexibility index (Phi) is 15.0. The van der Waals surface area contributed by atoms with Crippen LogP contribution >= 0.6 is 6.83 Å². The van der Waals surface area contributed by atoms with Gasteiger partial charge >= 0.3 is 265 Å². The molecule has 3 rings (SSSR count). The van der Waals surface area contributed by atoms with E-state index in [4.69, 9.17) is 9.10 Å². The number of rotatable bonds is 22. The zero-order valence-electron chi connectivity index (χ0n) is 27.6. The van der Waals surface area contributed by atoms with Gasteiger partial charge in [-0.15, -0.1) is 0 Å². The van der Waals surface area contributed by atoms with E-state index in [1.165, 1.54) is 16.7 Å². The summed E-state index contributed by atoms with van der Waals surface area (Å²) in [4.78, 5) is 0. The molecule has 43 heavy (non-hydrogen) atoms. The van der Waals surface area contributed by atoms with Crippen LogP contribution in [0.4, 0.5) is 0 Å². The van der Waals surface area contributed by atoms with Crippen molar-refractivity contribution in [2.45, 2.75) is 97.3 Å². The normalized spacial score (nSPS) is 13.0. The number of hydrogen-bond acceptors (Lipinski definition) is 3. The van der Waals surface area contributed by atoms with Gasteiger partial charge in [-0.2, -0.15) is 0 Å². The second-order valence-electron chi connectivity index (χ2n) is 12.6. The van der Waals surface area contributed by atoms with Crippen LogP contribution in [-0.4, -0.2) is 43.6 Å². The number of unbranched alkanes of at least 4 members (excludes halogenated alkanes) is 4. The second kappa shape index (κ2) is 18.1. The molecule has 3 nitrogen and oxygen atoms in total. The van der Waals surface area contributed by atoms with Gasteiger partial charge in [0, 0.05) is 0 Å². The maximum absolute atomic E-state index is 11.4. The van der Waals surface area contributed by atoms with Crippen molar-refractivity contribution in [2.75, 3.05) is 31.3 Å². The van der Waals surface area contributed by atoms with Crippen molar-refractivity contribution in [1.82, 2.24) is 0 Å². The van der Waals surface area contributed by atoms with E-state index in [-0.39, 0.29) is 5.41 Å². The molecule has 236 valence electrons. The molecule has 3 aromatic rings. The Hall–Kier alpha value is -1.97. The molecule has 0 fully saturated rings. The van der Waals surface area contributed by atoms with Crippen molar-refractivity contribution < 1.29 is 14.1 Å². The van der Waals surface area contributed by atoms with Gasteiger partial charge in [0.2, 0.25) is 0 Å². The Morgan fingerprint density at radius 3 is 1.23 bits per heavy atom. The van der Waals surface area contributed by atoms with Crippen LogP contribution in [0.5, 0.6) is 0 Å². The average molecular weight is 605 g/mol. The van der Waals surface area contributed by atoms with Crippen molar-refractivity contribution in [3.8, 4) is 0 Å². The minimum atomic E-state index is -2.63. The Morgan fingerprint density at radius 1 is 0.558 bits per heavy atom. The third kappa shape index (κ3) is 9.51. The van der Waals surface area contributed by atoms with Gasteiger partial charge in [-0.05, 0) is 0 Å². The summed E-state index contributed by atoms with van der Waals surface area (Å²) in [6.45, 7) is 6.92. The van der Waals surface area contributed by atoms with Crippen LogP contribution in [-0.2, 0) is 14.5 Å². The van der Waals surface area contributed by atoms with Crippen LogP contribution < -0.4 is 0 Å². The van der Waals surface area contributed by atoms with Crippen LogP contribution in [0.2, 0.25) is 0 Å². The quantitative estimate of drug-likeness (QED) is 0.0537. The molecule has 0 aliphatic heterocycles. The molecular weight excluding hydrogens is 546 g/mol. The van der Waals surface area contributed by atoms with Gasteiger partial charge in [0.15, 0.2) is 0 Å². The van der Waals surface area contributed by atoms with E-state index in [2.05, 4.69) is 119 Å². The Bertz CT molecular complexity index is 1000. The van der Waals surface area contributed by atoms with E-state index in [0.717, 1.165) is 88.9 Å². The molecule has 3 aromatic carbocycles. The zero-order valence-corrected chi connectivity index (χ0v) is 28.4. The van der Waals surface area contributed by atoms with Gasteiger partial charge in [-0.25, -0.2) is 0 Å². The fourth-order valence-corrected chi connectivity index (χ4v) is 13.8. The van der Waals surface area contributed by atoms with Gasteiger partial charge in [-0.3, -0.25) is 0 Å². The summed E-state index contributed by atoms with van der Waals surface area (Å²) in [5.74, 6) is 0. The predicted octanol–water partition coefficient (Wildman–Crippen LogP) is 10.5. The SMILES string of the molecule is CCCCP(CCCC)(CCCC)(CCCC)OB(O)OCCCC(c1ccccc1)(c1ccccc1)c1ccccc1. The van der Waals surface area contributed by atoms with E-state index < -0.39 is 14.2 Å². The van der Waals surface area contributed by atoms with Crippen LogP contribution in [0.25, 0.3) is 0 Å². The standard InChI is InChI=1S/C38H58BO3P/c1-5-9-31-43(32-10-6-2,33-11-7-3,34-12-8-4)42-39(40)41-30-22-29-38(35-23-16-13-17-24-35,36-25-18-14-19-26-36)37-27-20-15-21-28-37/h13-21,23-28,40H,5-12,22,29-34H2,1-4H3. The monoisotopic (exact) mass is 604 g/mol. The summed E-state index contributed by atoms with van der Waals surface area (Å²) >= 11 is 0. The first-order valence-electron chi connectivity index (χ1n) is 17.1. The number of benzene rings is 3. The first kappa shape index (κ1) is 35.5. The van der Waals surface area contributed by atoms with Crippen molar-refractivity contribution in [1.29, 1.82) is 0 Å². The summed E-state index contributed by atoms with van der Waals surface area (Å²) in [6.07, 6.45) is 15.4. The van der Waals surface area contributed by atoms with Gasteiger partial charge < -0.3 is 0 Å². The second-order valence-corrected chi connectivity index (χ2v) is 18.3. The summed E-state index contributed by atoms with van der Waals surface area (Å²) in [6, 6.07) is 32.5. The third-order valence-corrected chi connectivity index (χ3v) is 16.0. The summed E-state index contributed by atoms with van der Waals surface area (Å²) in [5.41, 5.74) is 3.50. The molecule has 0 aliphatic rings. The molecule has 0 aliphatic carbocycles. The van der Waals surface area contributed by atoms with Gasteiger partial charge in [0.25, 0.3) is 0 Å². The molecule has 0 aromatic heterocycles. The van der Waals surface area contributed by atoms with Crippen LogP contribution in [0, 0.1) is 0 Å². The minimum absolute atomic E-state index is 0.317. The molecule has 0 atom stereocenters. The molecule has 0 bridgehead atoms. The van der Waals surface area contributed by atoms with E-state index in [1.54, 1.807) is 0 Å². The average Bonchev–Trinajstić information content (AvgIpc) is 3.06. The van der Waals surface area contributed by atoms with Crippen molar-refractivity contribution in [2.24, 2.45) is 0 Å². The van der Waals surface area contributed by atoms with Crippen LogP contribution in [0.15, 0.2) is 91.0 Å². The Labute approximate surface area is 264 Å². The van der Waals surface area contributed by atoms with E-state index in [1.807, 2.05) is 0 Å². The van der Waals surface area contributed by atoms with Crippen LogP contribution in [0.3, 0.4) is 0 Å². The van der Waals surface area contributed by atoms with Gasteiger partial charge in [0.05, 0.1) is 0 Å². The fourth-order valence-electron chi connectivity index (χ4n) is 7.02. The van der Waals surface area contributed by atoms with Crippen molar-refractivity contribution in [3.05, 3.63) is 108 Å². The molecule has 0 spiro atoms. The van der Waals surface area contributed by atoms with Gasteiger partial charge in [-0.1, -0.05) is 0 Å². The van der Waals surface area contributed by atoms with E-state index >= 15 is 0 Å². The summed E-state index contributed by atoms with van der Waals surface area (Å²) < 4.78 is 13.2. The molecule has 5 heteroatoms. The molecule has 0 amide bonds. The van der Waals surface area contributed by atoms with Crippen molar-refractivity contribution >= 4 is 14.2 Å². The molecule has 0 saturated heterocycles. The van der Waals surface area contributed by atoms with Crippen LogP contribution in [0.1, 0.15) is 109 Å². The summed E-state index contributed by atoms with van der Waals surface area (Å²) in [7, 11) is -1.17. The third-order valence-electron chi connectivity index (χ3n) is 9.45. The molecule has 0 saturated carbocycles. The predicted molar refractivity (Wildman–Crippen MR) is 189 cm³/mol. The summed E-state index contributed by atoms with van der Waals surface area (Å²) in [5, 5.41) is 11.4. The van der Waals surface area contributed by atoms with E-state index in [0.29, 0.717) is 6.61 Å². The zero-order chi connectivity index (χ0) is 30.9. The molecule has 0 unspecified atom stereocenters. The first-order chi connectivity index (χ1) is 21.0. The molecule has 0 heterocycles. The number of hydrogen-bond donors (Lipinski definition) is 1. The maximum atomic E-state index is 11.4. The molecular formula is C38H58BO3P. The Balaban J connectivity index is 1.85. The van der Waals surface area contributed by atoms with Crippen molar-refractivity contribution in [3.63, 3.8) is 0 Å². The van der Waals surface area contributed by atoms with E-state index in [9.17, 15) is 5.02 Å². The molecule has 1 N–H and O–H groups in total. The fraction of sp³-hybridized carbons (Fsp3) is 0.526. The van der Waals surface area contributed by atoms with Gasteiger partial charge in [0.1, 0.15) is 0 Å².